The van der Waals surface area contributed by atoms with Crippen LogP contribution in [-0.2, 0) is 35.0 Å². The minimum atomic E-state index is -1.02. The van der Waals surface area contributed by atoms with Crippen LogP contribution in [-0.4, -0.2) is 181 Å². The number of piperazine rings is 2. The molecule has 1 aromatic carbocycles. The van der Waals surface area contributed by atoms with Gasteiger partial charge >= 0.3 is 5.97 Å². The van der Waals surface area contributed by atoms with Crippen molar-refractivity contribution < 1.29 is 51.2 Å². The number of aromatic hydroxyl groups is 1. The van der Waals surface area contributed by atoms with Gasteiger partial charge in [-0.1, -0.05) is 62.6 Å². The van der Waals surface area contributed by atoms with Crippen LogP contribution in [0.4, 0.5) is 17.8 Å². The molecule has 5 atom stereocenters. The van der Waals surface area contributed by atoms with Crippen molar-refractivity contribution in [1.82, 2.24) is 54.7 Å². The Hall–Kier alpha value is -6.23. The van der Waals surface area contributed by atoms with Gasteiger partial charge in [-0.2, -0.15) is 15.0 Å². The molecule has 0 radical (unpaired) electrons. The number of benzene rings is 1. The maximum absolute atomic E-state index is 14.4. The molecule has 3 unspecified atom stereocenters. The van der Waals surface area contributed by atoms with Crippen LogP contribution in [0.5, 0.6) is 5.75 Å². The fraction of sp³-hybridized carbons (Fsp3) is 0.625. The third kappa shape index (κ3) is 16.9. The number of phenolic OH excluding ortho intramolecular Hbond substituents is 1. The van der Waals surface area contributed by atoms with E-state index in [1.807, 2.05) is 40.7 Å². The minimum absolute atomic E-state index is 0. The van der Waals surface area contributed by atoms with E-state index in [1.54, 1.807) is 34.1 Å². The van der Waals surface area contributed by atoms with E-state index >= 15 is 0 Å². The molecule has 2 aliphatic heterocycles. The summed E-state index contributed by atoms with van der Waals surface area (Å²) in [5.74, 6) is 2.72. The number of carbonyl (C=O) groups excluding carboxylic acids is 2. The molecular formula is C48H72ClN16O8-. The average molecular weight is 1040 g/mol. The summed E-state index contributed by atoms with van der Waals surface area (Å²) in [6, 6.07) is 4.57. The highest BCUT2D eigenvalue weighted by atomic mass is 35.5. The van der Waals surface area contributed by atoms with Gasteiger partial charge in [0, 0.05) is 65.3 Å². The lowest BCUT2D eigenvalue weighted by Gasteiger charge is -2.38. The van der Waals surface area contributed by atoms with Crippen LogP contribution < -0.4 is 39.0 Å². The standard InChI is InChI=1S/C48H72N16O8.ClH/c1-6-23-70-25-27-72-28-26-71-24-14-51-46-52-47(61-19-15-59(16-20-61)44(68)41(12-13-42(66)67)63-31-39(55-57-63)37(49)29-33(3)4)54-48(53-46)62-21-17-60(18-22-62)45(69)43(34(5)7-2)64-32-40(56-58-64)38(50)30-35-8-10-36(65)11-9-35;/h1,8-11,31-34,37-38,41,43,65H,7,12-30,49-50H2,2-5H3,(H,66,67)(H,51,52,53,54);1H/p-1/t34-,37?,38?,41-,43?;/m0./s1. The van der Waals surface area contributed by atoms with Crippen LogP contribution in [0.3, 0.4) is 0 Å². The molecule has 0 bridgehead atoms. The van der Waals surface area contributed by atoms with Gasteiger partial charge in [0.05, 0.1) is 68.9 Å². The number of rotatable bonds is 28. The van der Waals surface area contributed by atoms with Crippen LogP contribution in [0.15, 0.2) is 36.7 Å². The second-order valence-electron chi connectivity index (χ2n) is 18.5. The Kier molecular flexibility index (Phi) is 22.8. The summed E-state index contributed by atoms with van der Waals surface area (Å²) in [5.41, 5.74) is 15.0. The zero-order valence-corrected chi connectivity index (χ0v) is 43.1. The number of ether oxygens (including phenoxy) is 3. The van der Waals surface area contributed by atoms with Gasteiger partial charge in [0.15, 0.2) is 0 Å². The molecular weight excluding hydrogens is 964 g/mol. The molecule has 3 aromatic heterocycles. The summed E-state index contributed by atoms with van der Waals surface area (Å²) in [6.07, 6.45) is 10.3. The molecule has 2 fully saturated rings. The van der Waals surface area contributed by atoms with Crippen molar-refractivity contribution in [2.24, 2.45) is 23.3 Å². The maximum Gasteiger partial charge on any atom is 0.303 e. The topological polar surface area (TPSA) is 296 Å². The molecule has 5 heterocycles. The predicted molar refractivity (Wildman–Crippen MR) is 267 cm³/mol. The van der Waals surface area contributed by atoms with Crippen molar-refractivity contribution in [3.8, 4) is 18.1 Å². The summed E-state index contributed by atoms with van der Waals surface area (Å²) in [4.78, 5) is 62.3. The highest BCUT2D eigenvalue weighted by Gasteiger charge is 2.35. The monoisotopic (exact) mass is 1040 g/mol. The average Bonchev–Trinajstić information content (AvgIpc) is 4.08. The number of anilines is 3. The first-order valence-corrected chi connectivity index (χ1v) is 24.8. The van der Waals surface area contributed by atoms with Gasteiger partial charge < -0.3 is 73.2 Å². The van der Waals surface area contributed by atoms with Gasteiger partial charge in [-0.05, 0) is 48.8 Å². The van der Waals surface area contributed by atoms with Crippen molar-refractivity contribution in [3.05, 3.63) is 53.6 Å². The molecule has 2 aliphatic rings. The first-order chi connectivity index (χ1) is 34.7. The minimum Gasteiger partial charge on any atom is -1.00 e. The Bertz CT molecular complexity index is 2370. The zero-order valence-electron chi connectivity index (χ0n) is 42.3. The molecule has 0 spiro atoms. The molecule has 25 heteroatoms. The number of aromatic nitrogens is 9. The van der Waals surface area contributed by atoms with E-state index < -0.39 is 24.1 Å². The zero-order chi connectivity index (χ0) is 51.6. The van der Waals surface area contributed by atoms with E-state index in [-0.39, 0.29) is 61.4 Å². The lowest BCUT2D eigenvalue weighted by atomic mass is 9.97. The molecule has 2 amide bonds. The van der Waals surface area contributed by atoms with Crippen LogP contribution >= 0.6 is 0 Å². The molecule has 2 saturated heterocycles. The number of hydrogen-bond acceptors (Lipinski definition) is 19. The van der Waals surface area contributed by atoms with Gasteiger partial charge in [-0.15, -0.1) is 16.6 Å². The lowest BCUT2D eigenvalue weighted by Crippen LogP contribution is -3.00. The Balaban J connectivity index is 0.00000988. The van der Waals surface area contributed by atoms with E-state index in [4.69, 9.17) is 47.1 Å². The van der Waals surface area contributed by atoms with Gasteiger partial charge in [-0.25, -0.2) is 9.36 Å². The number of carboxylic acid groups (broad SMARTS) is 1. The number of nitrogens with zero attached hydrogens (tertiary/aromatic N) is 13. The van der Waals surface area contributed by atoms with E-state index in [1.165, 1.54) is 4.68 Å². The van der Waals surface area contributed by atoms with E-state index in [0.29, 0.717) is 140 Å². The fourth-order valence-corrected chi connectivity index (χ4v) is 8.47. The molecule has 6 rings (SSSR count). The normalized spacial score (nSPS) is 16.1. The second kappa shape index (κ2) is 28.9. The number of aliphatic carboxylic acids is 1. The van der Waals surface area contributed by atoms with Crippen molar-refractivity contribution in [2.45, 2.75) is 84.0 Å². The quantitative estimate of drug-likeness (QED) is 0.0331. The van der Waals surface area contributed by atoms with Crippen molar-refractivity contribution in [2.75, 3.05) is 114 Å². The van der Waals surface area contributed by atoms with E-state index in [9.17, 15) is 24.6 Å². The highest BCUT2D eigenvalue weighted by Crippen LogP contribution is 2.28. The third-order valence-corrected chi connectivity index (χ3v) is 12.7. The summed E-state index contributed by atoms with van der Waals surface area (Å²) < 4.78 is 19.6. The Morgan fingerprint density at radius 1 is 0.767 bits per heavy atom. The fourth-order valence-electron chi connectivity index (χ4n) is 8.47. The predicted octanol–water partition coefficient (Wildman–Crippen LogP) is -1.16. The smallest absolute Gasteiger partial charge is 0.303 e. The van der Waals surface area contributed by atoms with E-state index in [2.05, 4.69) is 45.7 Å². The number of carboxylic acids is 1. The van der Waals surface area contributed by atoms with Crippen LogP contribution in [0.1, 0.15) is 94.5 Å². The van der Waals surface area contributed by atoms with Crippen LogP contribution in [0.2, 0.25) is 0 Å². The van der Waals surface area contributed by atoms with Crippen molar-refractivity contribution in [1.29, 1.82) is 0 Å². The van der Waals surface area contributed by atoms with Gasteiger partial charge in [0.25, 0.3) is 0 Å². The third-order valence-electron chi connectivity index (χ3n) is 12.7. The molecule has 400 valence electrons. The number of nitrogens with two attached hydrogens (primary N) is 2. The first kappa shape index (κ1) is 57.7. The van der Waals surface area contributed by atoms with Crippen molar-refractivity contribution in [3.63, 3.8) is 0 Å². The highest BCUT2D eigenvalue weighted by molar-refractivity contribution is 5.82. The summed E-state index contributed by atoms with van der Waals surface area (Å²) in [6.45, 7) is 13.9. The SMILES string of the molecule is C#CCOCCOCCOCCNc1nc(N2CCN(C(=O)C([C@@H](C)CC)n3cc(C(N)Cc4ccc(O)cc4)nn3)CC2)nc(N2CCN(C(=O)[C@H](CCC(=O)O)n3cc(C(N)CC(C)C)nn3)CC2)n1.[Cl-]. The number of nitrogens with one attached hydrogen (secondary N) is 1. The molecule has 4 aromatic rings. The molecule has 0 aliphatic carbocycles. The van der Waals surface area contributed by atoms with Gasteiger partial charge in [0.2, 0.25) is 29.7 Å². The number of phenols is 1. The van der Waals surface area contributed by atoms with E-state index in [0.717, 1.165) is 12.0 Å². The van der Waals surface area contributed by atoms with Gasteiger partial charge in [0.1, 0.15) is 24.4 Å². The molecule has 7 N–H and O–H groups in total. The maximum atomic E-state index is 14.4. The summed E-state index contributed by atoms with van der Waals surface area (Å²) in [7, 11) is 0. The van der Waals surface area contributed by atoms with Crippen molar-refractivity contribution >= 4 is 35.6 Å². The van der Waals surface area contributed by atoms with Crippen LogP contribution in [0, 0.1) is 24.2 Å². The Morgan fingerprint density at radius 2 is 1.32 bits per heavy atom. The number of halogens is 1. The Labute approximate surface area is 432 Å². The molecule has 0 saturated carbocycles. The second-order valence-corrected chi connectivity index (χ2v) is 18.5. The lowest BCUT2D eigenvalue weighted by molar-refractivity contribution is -0.139. The Morgan fingerprint density at radius 3 is 1.89 bits per heavy atom. The number of carbonyl (C=O) groups is 3. The largest absolute Gasteiger partial charge is 1.00 e. The number of hydrogen-bond donors (Lipinski definition) is 5. The summed E-state index contributed by atoms with van der Waals surface area (Å²) >= 11 is 0. The first-order valence-electron chi connectivity index (χ1n) is 24.8. The van der Waals surface area contributed by atoms with Gasteiger partial charge in [-0.3, -0.25) is 14.4 Å². The number of amides is 2. The molecule has 24 nitrogen and oxygen atoms in total. The summed E-state index contributed by atoms with van der Waals surface area (Å²) in [5, 5.41) is 39.8. The number of terminal acetylenes is 1. The molecule has 73 heavy (non-hydrogen) atoms. The van der Waals surface area contributed by atoms with Crippen LogP contribution in [0.25, 0.3) is 0 Å².